The first-order valence-corrected chi connectivity index (χ1v) is 8.18. The van der Waals surface area contributed by atoms with Crippen LogP contribution in [0.1, 0.15) is 20.3 Å². The van der Waals surface area contributed by atoms with Crippen molar-refractivity contribution in [3.63, 3.8) is 0 Å². The van der Waals surface area contributed by atoms with E-state index in [-0.39, 0.29) is 35.2 Å². The summed E-state index contributed by atoms with van der Waals surface area (Å²) in [5, 5.41) is 21.4. The lowest BCUT2D eigenvalue weighted by Gasteiger charge is -2.44. The zero-order chi connectivity index (χ0) is 16.6. The van der Waals surface area contributed by atoms with Gasteiger partial charge in [0.1, 0.15) is 5.70 Å². The summed E-state index contributed by atoms with van der Waals surface area (Å²) in [7, 11) is -1.60. The SMILES string of the molecule is CC(=O)NCCS(=O)C1=C(C(=O)O)N2C(=O)C(C(C)O)C2C1. The fourth-order valence-electron chi connectivity index (χ4n) is 2.88. The standard InChI is InChI=1S/C13H18N2O6S/c1-6(16)10-8-5-9(22(21)4-3-14-7(2)17)11(13(19)20)15(8)12(10)18/h6,8,10,16H,3-5H2,1-2H3,(H,14,17)(H,19,20). The largest absolute Gasteiger partial charge is 0.477 e. The molecule has 1 fully saturated rings. The minimum Gasteiger partial charge on any atom is -0.477 e. The van der Waals surface area contributed by atoms with Crippen LogP contribution in [-0.4, -0.2) is 61.5 Å². The number of hydrogen-bond acceptors (Lipinski definition) is 5. The number of amides is 2. The maximum absolute atomic E-state index is 12.3. The van der Waals surface area contributed by atoms with Crippen LogP contribution >= 0.6 is 0 Å². The Balaban J connectivity index is 2.16. The van der Waals surface area contributed by atoms with E-state index >= 15 is 0 Å². The second-order valence-electron chi connectivity index (χ2n) is 5.36. The van der Waals surface area contributed by atoms with Gasteiger partial charge in [0.25, 0.3) is 0 Å². The second-order valence-corrected chi connectivity index (χ2v) is 6.95. The summed E-state index contributed by atoms with van der Waals surface area (Å²) in [6, 6.07) is -0.446. The van der Waals surface area contributed by atoms with E-state index in [0.29, 0.717) is 0 Å². The third kappa shape index (κ3) is 2.78. The number of β-lactam (4-membered cyclic amide) rings is 1. The first kappa shape index (κ1) is 16.6. The molecule has 2 amide bonds. The van der Waals surface area contributed by atoms with Crippen LogP contribution < -0.4 is 5.32 Å². The average molecular weight is 330 g/mol. The maximum atomic E-state index is 12.3. The van der Waals surface area contributed by atoms with E-state index in [9.17, 15) is 28.8 Å². The van der Waals surface area contributed by atoms with Gasteiger partial charge in [0.15, 0.2) is 0 Å². The topological polar surface area (TPSA) is 124 Å². The van der Waals surface area contributed by atoms with Crippen LogP contribution in [-0.2, 0) is 25.2 Å². The lowest BCUT2D eigenvalue weighted by molar-refractivity contribution is -0.161. The fourth-order valence-corrected chi connectivity index (χ4v) is 4.17. The Bertz CT molecular complexity index is 585. The number of hydrogen-bond donors (Lipinski definition) is 3. The number of carboxylic acids is 1. The molecule has 2 aliphatic rings. The summed E-state index contributed by atoms with van der Waals surface area (Å²) < 4.78 is 12.3. The molecule has 122 valence electrons. The number of aliphatic carboxylic acids is 1. The molecule has 9 heteroatoms. The monoisotopic (exact) mass is 330 g/mol. The molecule has 8 nitrogen and oxygen atoms in total. The Labute approximate surface area is 129 Å². The van der Waals surface area contributed by atoms with Crippen molar-refractivity contribution < 1.29 is 28.8 Å². The van der Waals surface area contributed by atoms with Gasteiger partial charge in [-0.3, -0.25) is 13.8 Å². The number of fused-ring (bicyclic) bond motifs is 1. The Hall–Kier alpha value is -1.74. The van der Waals surface area contributed by atoms with E-state index in [1.54, 1.807) is 0 Å². The van der Waals surface area contributed by atoms with Crippen LogP contribution in [0.4, 0.5) is 0 Å². The molecule has 22 heavy (non-hydrogen) atoms. The highest BCUT2D eigenvalue weighted by molar-refractivity contribution is 7.89. The van der Waals surface area contributed by atoms with Crippen molar-refractivity contribution in [3.8, 4) is 0 Å². The molecule has 0 aliphatic carbocycles. The van der Waals surface area contributed by atoms with Gasteiger partial charge in [0.2, 0.25) is 11.8 Å². The van der Waals surface area contributed by atoms with Crippen molar-refractivity contribution in [2.75, 3.05) is 12.3 Å². The molecular weight excluding hydrogens is 312 g/mol. The molecule has 4 atom stereocenters. The summed E-state index contributed by atoms with van der Waals surface area (Å²) in [6.45, 7) is 2.97. The Morgan fingerprint density at radius 1 is 1.50 bits per heavy atom. The van der Waals surface area contributed by atoms with E-state index in [1.165, 1.54) is 13.8 Å². The van der Waals surface area contributed by atoms with Crippen molar-refractivity contribution in [3.05, 3.63) is 10.6 Å². The number of nitrogens with zero attached hydrogens (tertiary/aromatic N) is 1. The normalized spacial score (nSPS) is 26.3. The summed E-state index contributed by atoms with van der Waals surface area (Å²) in [6.07, 6.45) is -0.703. The summed E-state index contributed by atoms with van der Waals surface area (Å²) in [5.41, 5.74) is -0.243. The molecule has 0 aromatic heterocycles. The quantitative estimate of drug-likeness (QED) is 0.524. The van der Waals surface area contributed by atoms with E-state index in [2.05, 4.69) is 5.32 Å². The highest BCUT2D eigenvalue weighted by atomic mass is 32.2. The Morgan fingerprint density at radius 2 is 2.14 bits per heavy atom. The maximum Gasteiger partial charge on any atom is 0.353 e. The summed E-state index contributed by atoms with van der Waals surface area (Å²) >= 11 is 0. The molecule has 2 rings (SSSR count). The van der Waals surface area contributed by atoms with Gasteiger partial charge in [-0.2, -0.15) is 0 Å². The van der Waals surface area contributed by atoms with Gasteiger partial charge in [-0.25, -0.2) is 4.79 Å². The molecular formula is C13H18N2O6S. The van der Waals surface area contributed by atoms with Crippen LogP contribution in [0.5, 0.6) is 0 Å². The molecule has 0 bridgehead atoms. The molecule has 0 aromatic rings. The minimum absolute atomic E-state index is 0.0831. The van der Waals surface area contributed by atoms with Crippen LogP contribution in [0, 0.1) is 5.92 Å². The number of aliphatic hydroxyl groups excluding tert-OH is 1. The van der Waals surface area contributed by atoms with Gasteiger partial charge in [-0.05, 0) is 6.92 Å². The van der Waals surface area contributed by atoms with Gasteiger partial charge in [0.05, 0.1) is 28.9 Å². The highest BCUT2D eigenvalue weighted by Crippen LogP contribution is 2.44. The molecule has 1 saturated heterocycles. The summed E-state index contributed by atoms with van der Waals surface area (Å²) in [4.78, 5) is 35.5. The minimum atomic E-state index is -1.60. The number of nitrogens with one attached hydrogen (secondary N) is 1. The Morgan fingerprint density at radius 3 is 2.64 bits per heavy atom. The number of carbonyl (C=O) groups excluding carboxylic acids is 2. The van der Waals surface area contributed by atoms with Crippen LogP contribution in [0.3, 0.4) is 0 Å². The van der Waals surface area contributed by atoms with Crippen molar-refractivity contribution in [2.45, 2.75) is 32.4 Å². The van der Waals surface area contributed by atoms with Crippen LogP contribution in [0.2, 0.25) is 0 Å². The predicted molar refractivity (Wildman–Crippen MR) is 76.8 cm³/mol. The summed E-state index contributed by atoms with van der Waals surface area (Å²) in [5.74, 6) is -2.59. The van der Waals surface area contributed by atoms with E-state index in [0.717, 1.165) is 4.90 Å². The zero-order valence-corrected chi connectivity index (χ0v) is 13.1. The average Bonchev–Trinajstić information content (AvgIpc) is 2.72. The van der Waals surface area contributed by atoms with Crippen LogP contribution in [0.15, 0.2) is 10.6 Å². The van der Waals surface area contributed by atoms with E-state index in [1.807, 2.05) is 0 Å². The first-order chi connectivity index (χ1) is 10.3. The second kappa shape index (κ2) is 6.17. The third-order valence-electron chi connectivity index (χ3n) is 3.83. The van der Waals surface area contributed by atoms with E-state index < -0.39 is 40.7 Å². The number of carboxylic acid groups (broad SMARTS) is 1. The third-order valence-corrected chi connectivity index (χ3v) is 5.31. The highest BCUT2D eigenvalue weighted by Gasteiger charge is 2.57. The molecule has 0 saturated carbocycles. The molecule has 2 heterocycles. The van der Waals surface area contributed by atoms with E-state index in [4.69, 9.17) is 0 Å². The number of rotatable bonds is 6. The molecule has 0 radical (unpaired) electrons. The molecule has 3 N–H and O–H groups in total. The first-order valence-electron chi connectivity index (χ1n) is 6.86. The van der Waals surface area contributed by atoms with Gasteiger partial charge in [0, 0.05) is 30.5 Å². The smallest absolute Gasteiger partial charge is 0.353 e. The zero-order valence-electron chi connectivity index (χ0n) is 12.2. The molecule has 0 spiro atoms. The van der Waals surface area contributed by atoms with Gasteiger partial charge >= 0.3 is 5.97 Å². The van der Waals surface area contributed by atoms with Gasteiger partial charge in [-0.1, -0.05) is 0 Å². The van der Waals surface area contributed by atoms with Crippen molar-refractivity contribution >= 4 is 28.6 Å². The number of aliphatic hydroxyl groups is 1. The number of carbonyl (C=O) groups is 3. The van der Waals surface area contributed by atoms with Crippen LogP contribution in [0.25, 0.3) is 0 Å². The van der Waals surface area contributed by atoms with Crippen molar-refractivity contribution in [2.24, 2.45) is 5.92 Å². The van der Waals surface area contributed by atoms with Crippen molar-refractivity contribution in [1.82, 2.24) is 10.2 Å². The predicted octanol–water partition coefficient (Wildman–Crippen LogP) is -1.22. The molecule has 4 unspecified atom stereocenters. The molecule has 0 aromatic carbocycles. The fraction of sp³-hybridized carbons (Fsp3) is 0.615. The Kier molecular flexibility index (Phi) is 4.66. The van der Waals surface area contributed by atoms with Gasteiger partial charge < -0.3 is 20.4 Å². The van der Waals surface area contributed by atoms with Gasteiger partial charge in [-0.15, -0.1) is 0 Å². The molecule has 2 aliphatic heterocycles. The lowest BCUT2D eigenvalue weighted by Crippen LogP contribution is -2.61. The van der Waals surface area contributed by atoms with Crippen molar-refractivity contribution in [1.29, 1.82) is 0 Å². The lowest BCUT2D eigenvalue weighted by atomic mass is 9.83.